The topological polar surface area (TPSA) is 54.2 Å². The SMILES string of the molecule is O[C@@H]1C[C@H](c2ccc(Cl)cc2)N(CC2CCCCC2)C[C@H]1n1cc(C2CC2)nn1. The number of rotatable bonds is 5. The lowest BCUT2D eigenvalue weighted by Gasteiger charge is -2.44. The predicted octanol–water partition coefficient (Wildman–Crippen LogP) is 4.74. The Morgan fingerprint density at radius 1 is 1.03 bits per heavy atom. The van der Waals surface area contributed by atoms with Crippen molar-refractivity contribution in [1.29, 1.82) is 0 Å². The number of likely N-dealkylation sites (tertiary alicyclic amines) is 1. The van der Waals surface area contributed by atoms with E-state index in [1.807, 2.05) is 16.8 Å². The van der Waals surface area contributed by atoms with Crippen molar-refractivity contribution >= 4 is 11.6 Å². The summed E-state index contributed by atoms with van der Waals surface area (Å²) in [5.41, 5.74) is 2.34. The van der Waals surface area contributed by atoms with Gasteiger partial charge in [-0.3, -0.25) is 4.90 Å². The molecule has 3 atom stereocenters. The molecule has 6 heteroatoms. The molecule has 1 aliphatic heterocycles. The molecule has 0 unspecified atom stereocenters. The summed E-state index contributed by atoms with van der Waals surface area (Å²) in [6.45, 7) is 1.92. The third-order valence-corrected chi connectivity index (χ3v) is 7.36. The highest BCUT2D eigenvalue weighted by Crippen LogP contribution is 2.41. The van der Waals surface area contributed by atoms with Crippen LogP contribution in [-0.2, 0) is 0 Å². The summed E-state index contributed by atoms with van der Waals surface area (Å²) in [5, 5.41) is 20.6. The van der Waals surface area contributed by atoms with Crippen LogP contribution in [0, 0.1) is 5.92 Å². The molecule has 0 radical (unpaired) electrons. The summed E-state index contributed by atoms with van der Waals surface area (Å²) in [5.74, 6) is 1.34. The second-order valence-corrected chi connectivity index (χ2v) is 9.73. The highest BCUT2D eigenvalue weighted by molar-refractivity contribution is 6.30. The summed E-state index contributed by atoms with van der Waals surface area (Å²) < 4.78 is 1.93. The molecular weight excluding hydrogens is 384 g/mol. The van der Waals surface area contributed by atoms with Crippen LogP contribution in [0.5, 0.6) is 0 Å². The molecule has 2 aromatic rings. The zero-order valence-electron chi connectivity index (χ0n) is 17.0. The van der Waals surface area contributed by atoms with E-state index < -0.39 is 6.10 Å². The van der Waals surface area contributed by atoms with Crippen LogP contribution in [0.25, 0.3) is 0 Å². The minimum absolute atomic E-state index is 0.0258. The van der Waals surface area contributed by atoms with Gasteiger partial charge in [0, 0.05) is 36.3 Å². The summed E-state index contributed by atoms with van der Waals surface area (Å²) in [6, 6.07) is 8.37. The van der Waals surface area contributed by atoms with Gasteiger partial charge in [-0.15, -0.1) is 5.10 Å². The van der Waals surface area contributed by atoms with E-state index in [1.54, 1.807) is 0 Å². The van der Waals surface area contributed by atoms with E-state index in [4.69, 9.17) is 11.6 Å². The maximum absolute atomic E-state index is 11.1. The van der Waals surface area contributed by atoms with Gasteiger partial charge in [0.05, 0.1) is 17.8 Å². The van der Waals surface area contributed by atoms with Crippen LogP contribution >= 0.6 is 11.6 Å². The summed E-state index contributed by atoms with van der Waals surface area (Å²) in [7, 11) is 0. The fraction of sp³-hybridized carbons (Fsp3) is 0.652. The van der Waals surface area contributed by atoms with Gasteiger partial charge in [0.1, 0.15) is 0 Å². The van der Waals surface area contributed by atoms with Crippen molar-refractivity contribution in [2.24, 2.45) is 5.92 Å². The van der Waals surface area contributed by atoms with Gasteiger partial charge in [-0.05, 0) is 55.7 Å². The number of benzene rings is 1. The molecule has 3 aliphatic rings. The fourth-order valence-corrected chi connectivity index (χ4v) is 5.36. The monoisotopic (exact) mass is 414 g/mol. The van der Waals surface area contributed by atoms with E-state index in [9.17, 15) is 5.11 Å². The lowest BCUT2D eigenvalue weighted by molar-refractivity contribution is -0.0154. The molecule has 1 aromatic heterocycles. The Balaban J connectivity index is 1.38. The lowest BCUT2D eigenvalue weighted by Crippen LogP contribution is -2.47. The largest absolute Gasteiger partial charge is 0.391 e. The first-order valence-electron chi connectivity index (χ1n) is 11.3. The van der Waals surface area contributed by atoms with Crippen LogP contribution < -0.4 is 0 Å². The van der Waals surface area contributed by atoms with E-state index in [-0.39, 0.29) is 12.1 Å². The maximum atomic E-state index is 11.1. The highest BCUT2D eigenvalue weighted by Gasteiger charge is 2.38. The van der Waals surface area contributed by atoms with Crippen LogP contribution in [0.1, 0.15) is 80.6 Å². The number of aliphatic hydroxyl groups is 1. The molecule has 0 amide bonds. The van der Waals surface area contributed by atoms with E-state index in [0.29, 0.717) is 5.92 Å². The van der Waals surface area contributed by atoms with Crippen molar-refractivity contribution in [2.75, 3.05) is 13.1 Å². The standard InChI is InChI=1S/C23H31ClN4O/c24-19-10-8-18(9-11-19)21-12-23(29)22(28-14-20(25-26-28)17-6-7-17)15-27(21)13-16-4-2-1-3-5-16/h8-11,14,16-17,21-23,29H,1-7,12-13,15H2/t21-,22-,23-/m1/s1. The first kappa shape index (κ1) is 19.5. The molecule has 3 fully saturated rings. The van der Waals surface area contributed by atoms with Crippen molar-refractivity contribution < 1.29 is 5.11 Å². The van der Waals surface area contributed by atoms with Gasteiger partial charge in [-0.25, -0.2) is 4.68 Å². The maximum Gasteiger partial charge on any atom is 0.0923 e. The molecule has 2 heterocycles. The Bertz CT molecular complexity index is 813. The first-order valence-corrected chi connectivity index (χ1v) is 11.6. The van der Waals surface area contributed by atoms with Gasteiger partial charge < -0.3 is 5.11 Å². The number of aromatic nitrogens is 3. The Labute approximate surface area is 178 Å². The number of piperidine rings is 1. The molecule has 2 saturated carbocycles. The lowest BCUT2D eigenvalue weighted by atomic mass is 9.85. The average Bonchev–Trinajstić information content (AvgIpc) is 3.48. The van der Waals surface area contributed by atoms with Crippen LogP contribution in [0.15, 0.2) is 30.5 Å². The molecule has 0 spiro atoms. The second-order valence-electron chi connectivity index (χ2n) is 9.29. The Hall–Kier alpha value is -1.43. The highest BCUT2D eigenvalue weighted by atomic mass is 35.5. The second kappa shape index (κ2) is 8.37. The van der Waals surface area contributed by atoms with Crippen LogP contribution in [0.3, 0.4) is 0 Å². The molecular formula is C23H31ClN4O. The normalized spacial score (nSPS) is 29.2. The molecule has 1 saturated heterocycles. The Kier molecular flexibility index (Phi) is 5.63. The van der Waals surface area contributed by atoms with Crippen molar-refractivity contribution in [2.45, 2.75) is 75.5 Å². The fourth-order valence-electron chi connectivity index (χ4n) is 5.24. The quantitative estimate of drug-likeness (QED) is 0.767. The number of nitrogens with zero attached hydrogens (tertiary/aromatic N) is 4. The molecule has 1 aromatic carbocycles. The first-order chi connectivity index (χ1) is 14.2. The van der Waals surface area contributed by atoms with Gasteiger partial charge in [-0.2, -0.15) is 0 Å². The number of hydrogen-bond donors (Lipinski definition) is 1. The zero-order valence-corrected chi connectivity index (χ0v) is 17.7. The smallest absolute Gasteiger partial charge is 0.0923 e. The van der Waals surface area contributed by atoms with Gasteiger partial charge >= 0.3 is 0 Å². The van der Waals surface area contributed by atoms with Crippen molar-refractivity contribution in [3.63, 3.8) is 0 Å². The van der Waals surface area contributed by atoms with Gasteiger partial charge in [0.15, 0.2) is 0 Å². The van der Waals surface area contributed by atoms with E-state index in [2.05, 4.69) is 33.5 Å². The number of aliphatic hydroxyl groups excluding tert-OH is 1. The minimum Gasteiger partial charge on any atom is -0.391 e. The Morgan fingerprint density at radius 3 is 2.52 bits per heavy atom. The molecule has 29 heavy (non-hydrogen) atoms. The van der Waals surface area contributed by atoms with Gasteiger partial charge in [0.25, 0.3) is 0 Å². The minimum atomic E-state index is -0.424. The predicted molar refractivity (Wildman–Crippen MR) is 114 cm³/mol. The van der Waals surface area contributed by atoms with Crippen LogP contribution in [0.2, 0.25) is 5.02 Å². The average molecular weight is 415 g/mol. The molecule has 0 bridgehead atoms. The molecule has 156 valence electrons. The van der Waals surface area contributed by atoms with Crippen molar-refractivity contribution in [3.05, 3.63) is 46.7 Å². The third kappa shape index (κ3) is 4.37. The van der Waals surface area contributed by atoms with Crippen LogP contribution in [0.4, 0.5) is 0 Å². The summed E-state index contributed by atoms with van der Waals surface area (Å²) in [4.78, 5) is 2.59. The van der Waals surface area contributed by atoms with E-state index >= 15 is 0 Å². The van der Waals surface area contributed by atoms with E-state index in [1.165, 1.54) is 50.5 Å². The third-order valence-electron chi connectivity index (χ3n) is 7.11. The molecule has 5 nitrogen and oxygen atoms in total. The van der Waals surface area contributed by atoms with Gasteiger partial charge in [0.2, 0.25) is 0 Å². The summed E-state index contributed by atoms with van der Waals surface area (Å²) >= 11 is 6.13. The summed E-state index contributed by atoms with van der Waals surface area (Å²) in [6.07, 6.45) is 11.5. The van der Waals surface area contributed by atoms with Crippen LogP contribution in [-0.4, -0.2) is 44.2 Å². The number of hydrogen-bond acceptors (Lipinski definition) is 4. The molecule has 1 N–H and O–H groups in total. The van der Waals surface area contributed by atoms with Gasteiger partial charge in [-0.1, -0.05) is 48.2 Å². The van der Waals surface area contributed by atoms with E-state index in [0.717, 1.165) is 36.1 Å². The number of halogens is 1. The zero-order chi connectivity index (χ0) is 19.8. The molecule has 5 rings (SSSR count). The molecule has 2 aliphatic carbocycles. The Morgan fingerprint density at radius 2 is 1.79 bits per heavy atom. The van der Waals surface area contributed by atoms with Crippen molar-refractivity contribution in [1.82, 2.24) is 19.9 Å². The van der Waals surface area contributed by atoms with Crippen molar-refractivity contribution in [3.8, 4) is 0 Å².